The molecule has 2 heterocycles. The van der Waals surface area contributed by atoms with E-state index in [1.54, 1.807) is 11.3 Å². The first kappa shape index (κ1) is 19.1. The minimum Gasteiger partial charge on any atom is -0.491 e. The van der Waals surface area contributed by atoms with E-state index in [4.69, 9.17) is 16.3 Å². The second-order valence-electron chi connectivity index (χ2n) is 6.86. The van der Waals surface area contributed by atoms with E-state index in [1.165, 1.54) is 11.1 Å². The van der Waals surface area contributed by atoms with Crippen LogP contribution in [0.25, 0.3) is 0 Å². The van der Waals surface area contributed by atoms with Crippen molar-refractivity contribution in [3.8, 4) is 17.6 Å². The number of halogens is 1. The van der Waals surface area contributed by atoms with Gasteiger partial charge in [0.2, 0.25) is 0 Å². The molecule has 26 heavy (non-hydrogen) atoms. The maximum absolute atomic E-state index is 6.51. The van der Waals surface area contributed by atoms with Gasteiger partial charge in [-0.25, -0.2) is 4.98 Å². The Morgan fingerprint density at radius 3 is 2.96 bits per heavy atom. The molecule has 0 fully saturated rings. The molecule has 0 spiro atoms. The Morgan fingerprint density at radius 2 is 2.23 bits per heavy atom. The molecule has 0 N–H and O–H groups in total. The number of rotatable bonds is 3. The lowest BCUT2D eigenvalue weighted by molar-refractivity contribution is 0.327. The molecule has 0 unspecified atom stereocenters. The fourth-order valence-corrected chi connectivity index (χ4v) is 4.07. The molecule has 3 nitrogen and oxygen atoms in total. The molecule has 0 amide bonds. The highest BCUT2D eigenvalue weighted by atomic mass is 35.5. The van der Waals surface area contributed by atoms with Crippen LogP contribution in [0.1, 0.15) is 61.1 Å². The molecule has 0 aliphatic carbocycles. The van der Waals surface area contributed by atoms with E-state index in [0.29, 0.717) is 12.5 Å². The summed E-state index contributed by atoms with van der Waals surface area (Å²) in [5, 5.41) is 1.80. The third-order valence-corrected chi connectivity index (χ3v) is 5.92. The Hall–Kier alpha value is -1.70. The van der Waals surface area contributed by atoms with Gasteiger partial charge in [-0.05, 0) is 36.5 Å². The molecule has 2 aromatic rings. The predicted molar refractivity (Wildman–Crippen MR) is 111 cm³/mol. The number of hydrogen-bond acceptors (Lipinski definition) is 4. The maximum Gasteiger partial charge on any atom is 0.186 e. The van der Waals surface area contributed by atoms with Crippen LogP contribution >= 0.6 is 22.9 Å². The van der Waals surface area contributed by atoms with Crippen molar-refractivity contribution in [1.29, 1.82) is 0 Å². The Bertz CT molecular complexity index is 848. The van der Waals surface area contributed by atoms with Crippen LogP contribution in [0.4, 0.5) is 5.13 Å². The molecular weight excluding hydrogens is 364 g/mol. The van der Waals surface area contributed by atoms with E-state index in [1.807, 2.05) is 6.20 Å². The van der Waals surface area contributed by atoms with Crippen LogP contribution in [0.2, 0.25) is 5.02 Å². The average Bonchev–Trinajstić information content (AvgIpc) is 2.96. The lowest BCUT2D eigenvalue weighted by Gasteiger charge is -2.21. The summed E-state index contributed by atoms with van der Waals surface area (Å²) < 4.78 is 6.16. The molecule has 1 aromatic heterocycles. The first-order valence-electron chi connectivity index (χ1n) is 9.15. The molecule has 0 atom stereocenters. The standard InChI is InChI=1S/C21H25ClN2OS/c1-5-6-7-8-16-12-23-21(26-16)24-9-10-25-20-17(14(2)3)11-19(22)15(4)18(20)13-24/h11-12,14H,5-6,9-10,13H2,1-4H3. The summed E-state index contributed by atoms with van der Waals surface area (Å²) in [6, 6.07) is 2.06. The number of fused-ring (bicyclic) bond motifs is 1. The number of unbranched alkanes of at least 4 members (excludes halogenated alkanes) is 1. The summed E-state index contributed by atoms with van der Waals surface area (Å²) in [6.07, 6.45) is 3.88. The largest absolute Gasteiger partial charge is 0.491 e. The van der Waals surface area contributed by atoms with Crippen LogP contribution in [-0.2, 0) is 6.54 Å². The lowest BCUT2D eigenvalue weighted by Crippen LogP contribution is -2.25. The molecule has 0 saturated heterocycles. The first-order valence-corrected chi connectivity index (χ1v) is 10.3. The fourth-order valence-electron chi connectivity index (χ4n) is 3.02. The SMILES string of the molecule is CCCC#Cc1cnc(N2CCOc3c(C(C)C)cc(Cl)c(C)c3C2)s1. The summed E-state index contributed by atoms with van der Waals surface area (Å²) in [4.78, 5) is 7.89. The van der Waals surface area contributed by atoms with E-state index < -0.39 is 0 Å². The molecule has 0 bridgehead atoms. The quantitative estimate of drug-likeness (QED) is 0.623. The number of nitrogens with zero attached hydrogens (tertiary/aromatic N) is 2. The summed E-state index contributed by atoms with van der Waals surface area (Å²) in [5.41, 5.74) is 3.45. The molecule has 5 heteroatoms. The van der Waals surface area contributed by atoms with E-state index in [0.717, 1.165) is 52.3 Å². The molecule has 3 rings (SSSR count). The van der Waals surface area contributed by atoms with Crippen molar-refractivity contribution in [2.75, 3.05) is 18.1 Å². The summed E-state index contributed by atoms with van der Waals surface area (Å²) in [6.45, 7) is 10.8. The maximum atomic E-state index is 6.51. The molecule has 0 saturated carbocycles. The van der Waals surface area contributed by atoms with Gasteiger partial charge in [-0.1, -0.05) is 55.5 Å². The van der Waals surface area contributed by atoms with Crippen LogP contribution < -0.4 is 9.64 Å². The monoisotopic (exact) mass is 388 g/mol. The van der Waals surface area contributed by atoms with Gasteiger partial charge in [0.25, 0.3) is 0 Å². The van der Waals surface area contributed by atoms with Gasteiger partial charge in [0.15, 0.2) is 5.13 Å². The lowest BCUT2D eigenvalue weighted by atomic mass is 9.95. The van der Waals surface area contributed by atoms with Crippen molar-refractivity contribution in [3.05, 3.63) is 38.9 Å². The van der Waals surface area contributed by atoms with Gasteiger partial charge in [0.1, 0.15) is 12.4 Å². The zero-order valence-corrected chi connectivity index (χ0v) is 17.4. The van der Waals surface area contributed by atoms with E-state index in [2.05, 4.69) is 55.5 Å². The third-order valence-electron chi connectivity index (χ3n) is 4.56. The van der Waals surface area contributed by atoms with E-state index >= 15 is 0 Å². The number of thiazole rings is 1. The van der Waals surface area contributed by atoms with Crippen molar-refractivity contribution < 1.29 is 4.74 Å². The first-order chi connectivity index (χ1) is 12.5. The van der Waals surface area contributed by atoms with Gasteiger partial charge in [0, 0.05) is 23.6 Å². The number of hydrogen-bond donors (Lipinski definition) is 0. The van der Waals surface area contributed by atoms with Crippen LogP contribution in [0, 0.1) is 18.8 Å². The minimum absolute atomic E-state index is 0.369. The van der Waals surface area contributed by atoms with Crippen LogP contribution in [0.5, 0.6) is 5.75 Å². The number of anilines is 1. The molecular formula is C21H25ClN2OS. The van der Waals surface area contributed by atoms with Crippen molar-refractivity contribution in [1.82, 2.24) is 4.98 Å². The van der Waals surface area contributed by atoms with Gasteiger partial charge in [-0.3, -0.25) is 0 Å². The predicted octanol–water partition coefficient (Wildman–Crippen LogP) is 5.78. The summed E-state index contributed by atoms with van der Waals surface area (Å²) in [7, 11) is 0. The fraction of sp³-hybridized carbons (Fsp3) is 0.476. The number of benzene rings is 1. The van der Waals surface area contributed by atoms with Crippen molar-refractivity contribution in [2.45, 2.75) is 53.0 Å². The van der Waals surface area contributed by atoms with E-state index in [9.17, 15) is 0 Å². The molecule has 1 aliphatic heterocycles. The van der Waals surface area contributed by atoms with Gasteiger partial charge in [-0.15, -0.1) is 0 Å². The third kappa shape index (κ3) is 4.00. The molecule has 138 valence electrons. The van der Waals surface area contributed by atoms with Gasteiger partial charge in [-0.2, -0.15) is 0 Å². The second kappa shape index (κ2) is 8.33. The van der Waals surface area contributed by atoms with Crippen molar-refractivity contribution in [2.24, 2.45) is 0 Å². The second-order valence-corrected chi connectivity index (χ2v) is 8.28. The Balaban J connectivity index is 1.92. The van der Waals surface area contributed by atoms with Crippen molar-refractivity contribution in [3.63, 3.8) is 0 Å². The van der Waals surface area contributed by atoms with Crippen molar-refractivity contribution >= 4 is 28.1 Å². The normalized spacial score (nSPS) is 13.7. The molecule has 1 aliphatic rings. The van der Waals surface area contributed by atoms with Gasteiger partial charge in [0.05, 0.1) is 17.6 Å². The highest BCUT2D eigenvalue weighted by molar-refractivity contribution is 7.16. The molecule has 1 aromatic carbocycles. The highest BCUT2D eigenvalue weighted by Gasteiger charge is 2.24. The summed E-state index contributed by atoms with van der Waals surface area (Å²) >= 11 is 8.16. The average molecular weight is 389 g/mol. The zero-order chi connectivity index (χ0) is 18.7. The van der Waals surface area contributed by atoms with Gasteiger partial charge >= 0.3 is 0 Å². The summed E-state index contributed by atoms with van der Waals surface area (Å²) in [5.74, 6) is 7.78. The van der Waals surface area contributed by atoms with E-state index in [-0.39, 0.29) is 0 Å². The topological polar surface area (TPSA) is 25.4 Å². The smallest absolute Gasteiger partial charge is 0.186 e. The Morgan fingerprint density at radius 1 is 1.42 bits per heavy atom. The molecule has 0 radical (unpaired) electrons. The Kier molecular flexibility index (Phi) is 6.11. The van der Waals surface area contributed by atoms with Gasteiger partial charge < -0.3 is 9.64 Å². The van der Waals surface area contributed by atoms with Crippen LogP contribution in [-0.4, -0.2) is 18.1 Å². The Labute approximate surface area is 165 Å². The zero-order valence-electron chi connectivity index (χ0n) is 15.9. The number of aromatic nitrogens is 1. The minimum atomic E-state index is 0.369. The van der Waals surface area contributed by atoms with Crippen LogP contribution in [0.3, 0.4) is 0 Å². The van der Waals surface area contributed by atoms with Crippen LogP contribution in [0.15, 0.2) is 12.3 Å². The number of ether oxygens (including phenoxy) is 1. The highest BCUT2D eigenvalue weighted by Crippen LogP contribution is 2.39.